The summed E-state index contributed by atoms with van der Waals surface area (Å²) in [4.78, 5) is 0.408. The fourth-order valence-corrected chi connectivity index (χ4v) is 2.32. The molecule has 24 heavy (non-hydrogen) atoms. The molecule has 0 aliphatic rings. The van der Waals surface area contributed by atoms with Crippen molar-refractivity contribution in [2.75, 3.05) is 26.9 Å². The standard InChI is InChI=1S/C17H22ClN3O2S/c1-12(11-23-15-6-4-14(18)5-7-15)21-13(2)16(10-19)17(24)20-8-9-22-3/h4-7,12,21H,8-9,11H2,1-3H3,(H,20,24). The van der Waals surface area contributed by atoms with Crippen LogP contribution in [0.25, 0.3) is 0 Å². The molecule has 0 saturated carbocycles. The largest absolute Gasteiger partial charge is 0.491 e. The molecule has 0 radical (unpaired) electrons. The minimum Gasteiger partial charge on any atom is -0.491 e. The van der Waals surface area contributed by atoms with Gasteiger partial charge in [0.25, 0.3) is 0 Å². The SMILES string of the molecule is COCCNC(=S)C(C#N)=C(C)NC(C)COc1ccc(Cl)cc1. The molecule has 1 aromatic rings. The second-order valence-corrected chi connectivity index (χ2v) is 6.02. The van der Waals surface area contributed by atoms with E-state index in [-0.39, 0.29) is 6.04 Å². The quantitative estimate of drug-likeness (QED) is 0.302. The van der Waals surface area contributed by atoms with E-state index in [1.807, 2.05) is 26.0 Å². The highest BCUT2D eigenvalue weighted by molar-refractivity contribution is 7.80. The minimum absolute atomic E-state index is 0.00537. The fraction of sp³-hybridized carbons (Fsp3) is 0.412. The summed E-state index contributed by atoms with van der Waals surface area (Å²) in [6.07, 6.45) is 0. The lowest BCUT2D eigenvalue weighted by atomic mass is 10.2. The summed E-state index contributed by atoms with van der Waals surface area (Å²) in [7, 11) is 1.61. The molecule has 7 heteroatoms. The van der Waals surface area contributed by atoms with Gasteiger partial charge in [-0.25, -0.2) is 0 Å². The van der Waals surface area contributed by atoms with Crippen LogP contribution in [0.2, 0.25) is 5.02 Å². The summed E-state index contributed by atoms with van der Waals surface area (Å²) in [6, 6.07) is 9.31. The van der Waals surface area contributed by atoms with E-state index in [9.17, 15) is 5.26 Å². The lowest BCUT2D eigenvalue weighted by molar-refractivity contribution is 0.204. The Hall–Kier alpha value is -1.81. The molecule has 0 bridgehead atoms. The number of nitrogens with zero attached hydrogens (tertiary/aromatic N) is 1. The van der Waals surface area contributed by atoms with Crippen molar-refractivity contribution in [1.82, 2.24) is 10.6 Å². The third-order valence-corrected chi connectivity index (χ3v) is 3.68. The molecule has 130 valence electrons. The normalized spacial score (nSPS) is 12.6. The molecule has 2 N–H and O–H groups in total. The first-order valence-corrected chi connectivity index (χ1v) is 8.29. The van der Waals surface area contributed by atoms with Crippen LogP contribution in [-0.2, 0) is 4.74 Å². The Kier molecular flexibility index (Phi) is 9.16. The minimum atomic E-state index is 0.00537. The van der Waals surface area contributed by atoms with Gasteiger partial charge >= 0.3 is 0 Å². The number of benzene rings is 1. The number of rotatable bonds is 9. The summed E-state index contributed by atoms with van der Waals surface area (Å²) < 4.78 is 10.6. The summed E-state index contributed by atoms with van der Waals surface area (Å²) in [5, 5.41) is 16.2. The first-order valence-electron chi connectivity index (χ1n) is 7.51. The molecule has 1 atom stereocenters. The highest BCUT2D eigenvalue weighted by Crippen LogP contribution is 2.15. The average molecular weight is 368 g/mol. The van der Waals surface area contributed by atoms with E-state index in [0.717, 1.165) is 5.75 Å². The molecule has 0 spiro atoms. The number of methoxy groups -OCH3 is 1. The maximum atomic E-state index is 9.32. The highest BCUT2D eigenvalue weighted by atomic mass is 35.5. The van der Waals surface area contributed by atoms with Gasteiger partial charge in [0.05, 0.1) is 12.6 Å². The van der Waals surface area contributed by atoms with Crippen molar-refractivity contribution >= 4 is 28.8 Å². The van der Waals surface area contributed by atoms with Crippen LogP contribution in [0.3, 0.4) is 0 Å². The molecule has 0 heterocycles. The number of nitriles is 1. The molecule has 0 saturated heterocycles. The molecule has 1 unspecified atom stereocenters. The average Bonchev–Trinajstić information content (AvgIpc) is 2.55. The van der Waals surface area contributed by atoms with Gasteiger partial charge in [0, 0.05) is 24.4 Å². The van der Waals surface area contributed by atoms with Crippen LogP contribution < -0.4 is 15.4 Å². The molecular formula is C17H22ClN3O2S. The molecule has 0 amide bonds. The number of ether oxygens (including phenoxy) is 2. The number of hydrogen-bond donors (Lipinski definition) is 2. The Morgan fingerprint density at radius 3 is 2.62 bits per heavy atom. The van der Waals surface area contributed by atoms with Gasteiger partial charge in [-0.05, 0) is 38.1 Å². The third-order valence-electron chi connectivity index (χ3n) is 3.08. The molecule has 0 aliphatic heterocycles. The van der Waals surface area contributed by atoms with Crippen molar-refractivity contribution in [1.29, 1.82) is 5.26 Å². The first-order chi connectivity index (χ1) is 11.5. The summed E-state index contributed by atoms with van der Waals surface area (Å²) in [6.45, 7) is 5.32. The van der Waals surface area contributed by atoms with Crippen molar-refractivity contribution in [2.24, 2.45) is 0 Å². The second kappa shape index (κ2) is 10.9. The van der Waals surface area contributed by atoms with E-state index in [4.69, 9.17) is 33.3 Å². The molecular weight excluding hydrogens is 346 g/mol. The summed E-state index contributed by atoms with van der Waals surface area (Å²) in [5.41, 5.74) is 1.12. The summed E-state index contributed by atoms with van der Waals surface area (Å²) in [5.74, 6) is 0.743. The Morgan fingerprint density at radius 1 is 1.38 bits per heavy atom. The molecule has 0 fully saturated rings. The van der Waals surface area contributed by atoms with Gasteiger partial charge < -0.3 is 20.1 Å². The first kappa shape index (κ1) is 20.2. The topological polar surface area (TPSA) is 66.3 Å². The molecule has 1 rings (SSSR count). The number of nitrogens with one attached hydrogen (secondary N) is 2. The monoisotopic (exact) mass is 367 g/mol. The van der Waals surface area contributed by atoms with Gasteiger partial charge in [-0.2, -0.15) is 5.26 Å². The number of halogens is 1. The lowest BCUT2D eigenvalue weighted by Crippen LogP contribution is -2.33. The van der Waals surface area contributed by atoms with Gasteiger partial charge in [-0.1, -0.05) is 23.8 Å². The molecule has 1 aromatic carbocycles. The van der Waals surface area contributed by atoms with Crippen LogP contribution in [-0.4, -0.2) is 37.9 Å². The smallest absolute Gasteiger partial charge is 0.119 e. The van der Waals surface area contributed by atoms with Gasteiger partial charge in [-0.3, -0.25) is 0 Å². The zero-order chi connectivity index (χ0) is 17.9. The van der Waals surface area contributed by atoms with Crippen LogP contribution in [0.5, 0.6) is 5.75 Å². The maximum Gasteiger partial charge on any atom is 0.119 e. The third kappa shape index (κ3) is 7.18. The van der Waals surface area contributed by atoms with Crippen molar-refractivity contribution in [3.05, 3.63) is 40.6 Å². The van der Waals surface area contributed by atoms with Gasteiger partial charge in [0.2, 0.25) is 0 Å². The van der Waals surface area contributed by atoms with E-state index in [2.05, 4.69) is 16.7 Å². The Labute approximate surface area is 153 Å². The zero-order valence-electron chi connectivity index (χ0n) is 14.1. The Morgan fingerprint density at radius 2 is 2.04 bits per heavy atom. The highest BCUT2D eigenvalue weighted by Gasteiger charge is 2.11. The van der Waals surface area contributed by atoms with Crippen molar-refractivity contribution in [3.8, 4) is 11.8 Å². The maximum absolute atomic E-state index is 9.32. The Balaban J connectivity index is 2.55. The predicted octanol–water partition coefficient (Wildman–Crippen LogP) is 3.06. The zero-order valence-corrected chi connectivity index (χ0v) is 15.6. The van der Waals surface area contributed by atoms with Crippen molar-refractivity contribution in [2.45, 2.75) is 19.9 Å². The molecule has 5 nitrogen and oxygen atoms in total. The van der Waals surface area contributed by atoms with Crippen molar-refractivity contribution in [3.63, 3.8) is 0 Å². The van der Waals surface area contributed by atoms with E-state index in [1.165, 1.54) is 0 Å². The number of allylic oxidation sites excluding steroid dienone is 1. The molecule has 0 aromatic heterocycles. The van der Waals surface area contributed by atoms with E-state index in [0.29, 0.717) is 41.0 Å². The van der Waals surface area contributed by atoms with Gasteiger partial charge in [0.1, 0.15) is 29.0 Å². The van der Waals surface area contributed by atoms with Crippen molar-refractivity contribution < 1.29 is 9.47 Å². The summed E-state index contributed by atoms with van der Waals surface area (Å²) >= 11 is 11.1. The van der Waals surface area contributed by atoms with Gasteiger partial charge in [0.15, 0.2) is 0 Å². The Bertz CT molecular complexity index is 611. The van der Waals surface area contributed by atoms with Crippen LogP contribution in [0.15, 0.2) is 35.5 Å². The van der Waals surface area contributed by atoms with E-state index >= 15 is 0 Å². The van der Waals surface area contributed by atoms with Gasteiger partial charge in [-0.15, -0.1) is 0 Å². The van der Waals surface area contributed by atoms with Crippen LogP contribution in [0, 0.1) is 11.3 Å². The second-order valence-electron chi connectivity index (χ2n) is 5.17. The molecule has 0 aliphatic carbocycles. The van der Waals surface area contributed by atoms with Crippen LogP contribution >= 0.6 is 23.8 Å². The lowest BCUT2D eigenvalue weighted by Gasteiger charge is -2.18. The number of thiocarbonyl (C=S) groups is 1. The number of hydrogen-bond acceptors (Lipinski definition) is 5. The van der Waals surface area contributed by atoms with E-state index < -0.39 is 0 Å². The van der Waals surface area contributed by atoms with Crippen LogP contribution in [0.1, 0.15) is 13.8 Å². The van der Waals surface area contributed by atoms with Crippen LogP contribution in [0.4, 0.5) is 0 Å². The fourth-order valence-electron chi connectivity index (χ4n) is 1.90. The van der Waals surface area contributed by atoms with E-state index in [1.54, 1.807) is 19.2 Å². The predicted molar refractivity (Wildman–Crippen MR) is 100 cm³/mol.